The highest BCUT2D eigenvalue weighted by molar-refractivity contribution is 5.98. The third-order valence-electron chi connectivity index (χ3n) is 7.59. The molecule has 2 aromatic heterocycles. The Morgan fingerprint density at radius 3 is 2.71 bits per heavy atom. The van der Waals surface area contributed by atoms with Crippen molar-refractivity contribution < 1.29 is 9.53 Å². The van der Waals surface area contributed by atoms with Crippen LogP contribution < -0.4 is 4.90 Å². The van der Waals surface area contributed by atoms with Crippen molar-refractivity contribution >= 4 is 22.5 Å². The first-order chi connectivity index (χ1) is 16.1. The van der Waals surface area contributed by atoms with Gasteiger partial charge in [-0.25, -0.2) is 0 Å². The van der Waals surface area contributed by atoms with Crippen LogP contribution in [0.3, 0.4) is 0 Å². The lowest BCUT2D eigenvalue weighted by molar-refractivity contribution is -0.129. The lowest BCUT2D eigenvalue weighted by atomic mass is 9.76. The van der Waals surface area contributed by atoms with Gasteiger partial charge in [0.05, 0.1) is 23.9 Å². The summed E-state index contributed by atoms with van der Waals surface area (Å²) in [4.78, 5) is 20.9. The molecule has 1 aliphatic heterocycles. The summed E-state index contributed by atoms with van der Waals surface area (Å²) in [6, 6.07) is 8.14. The molecule has 0 spiro atoms. The number of rotatable bonds is 4. The number of ether oxygens (including phenoxy) is 1. The van der Waals surface area contributed by atoms with Crippen LogP contribution in [0.4, 0.5) is 5.69 Å². The summed E-state index contributed by atoms with van der Waals surface area (Å²) in [5.41, 5.74) is 6.87. The first-order valence-corrected chi connectivity index (χ1v) is 12.5. The second-order valence-electron chi connectivity index (χ2n) is 11.1. The van der Waals surface area contributed by atoms with Crippen molar-refractivity contribution in [3.63, 3.8) is 0 Å². The van der Waals surface area contributed by atoms with E-state index in [9.17, 15) is 4.79 Å². The van der Waals surface area contributed by atoms with E-state index in [-0.39, 0.29) is 24.2 Å². The highest BCUT2D eigenvalue weighted by atomic mass is 16.5. The van der Waals surface area contributed by atoms with E-state index in [0.29, 0.717) is 5.41 Å². The lowest BCUT2D eigenvalue weighted by Crippen LogP contribution is -2.54. The quantitative estimate of drug-likeness (QED) is 0.596. The van der Waals surface area contributed by atoms with E-state index in [4.69, 9.17) is 4.74 Å². The second-order valence-corrected chi connectivity index (χ2v) is 11.1. The summed E-state index contributed by atoms with van der Waals surface area (Å²) in [5, 5.41) is 9.07. The number of hydrogen-bond donors (Lipinski definition) is 2. The predicted octanol–water partition coefficient (Wildman–Crippen LogP) is 4.53. The van der Waals surface area contributed by atoms with Gasteiger partial charge >= 0.3 is 0 Å². The summed E-state index contributed by atoms with van der Waals surface area (Å²) >= 11 is 0. The van der Waals surface area contributed by atoms with Gasteiger partial charge in [0.1, 0.15) is 5.69 Å². The SMILES string of the molecule is CC1CN(C(C)C(=O)N(C)c2ccc3cc(-c4n[nH]c5c4CCC(C)(C)C5)[nH]c3c2)C[C@@H](C)O1. The zero-order valence-corrected chi connectivity index (χ0v) is 21.2. The maximum Gasteiger partial charge on any atom is 0.243 e. The van der Waals surface area contributed by atoms with Crippen LogP contribution in [0.1, 0.15) is 52.3 Å². The van der Waals surface area contributed by atoms with Crippen molar-refractivity contribution in [1.29, 1.82) is 0 Å². The number of nitrogens with zero attached hydrogens (tertiary/aromatic N) is 3. The molecule has 1 amide bonds. The van der Waals surface area contributed by atoms with Crippen LogP contribution in [0.25, 0.3) is 22.3 Å². The molecule has 7 nitrogen and oxygen atoms in total. The Hall–Kier alpha value is -2.64. The van der Waals surface area contributed by atoms with Crippen LogP contribution in [0.5, 0.6) is 0 Å². The largest absolute Gasteiger partial charge is 0.373 e. The van der Waals surface area contributed by atoms with E-state index in [1.807, 2.05) is 20.0 Å². The number of nitrogens with one attached hydrogen (secondary N) is 2. The number of anilines is 1. The monoisotopic (exact) mass is 463 g/mol. The minimum absolute atomic E-state index is 0.0939. The number of aromatic nitrogens is 3. The fourth-order valence-electron chi connectivity index (χ4n) is 5.62. The Morgan fingerprint density at radius 1 is 1.24 bits per heavy atom. The minimum Gasteiger partial charge on any atom is -0.373 e. The van der Waals surface area contributed by atoms with E-state index in [1.54, 1.807) is 4.90 Å². The molecular formula is C27H37N5O2. The molecular weight excluding hydrogens is 426 g/mol. The number of amides is 1. The molecule has 1 saturated heterocycles. The van der Waals surface area contributed by atoms with Gasteiger partial charge in [0.2, 0.25) is 5.91 Å². The van der Waals surface area contributed by atoms with E-state index in [1.165, 1.54) is 17.7 Å². The van der Waals surface area contributed by atoms with Gasteiger partial charge in [0.25, 0.3) is 0 Å². The number of benzene rings is 1. The average Bonchev–Trinajstić information content (AvgIpc) is 3.38. The molecule has 34 heavy (non-hydrogen) atoms. The van der Waals surface area contributed by atoms with Gasteiger partial charge in [-0.2, -0.15) is 5.10 Å². The molecule has 3 atom stereocenters. The number of fused-ring (bicyclic) bond motifs is 2. The van der Waals surface area contributed by atoms with Crippen LogP contribution in [0.15, 0.2) is 24.3 Å². The maximum absolute atomic E-state index is 13.3. The van der Waals surface area contributed by atoms with Crippen LogP contribution in [0.2, 0.25) is 0 Å². The van der Waals surface area contributed by atoms with E-state index in [2.05, 4.69) is 66.0 Å². The number of carbonyl (C=O) groups is 1. The number of aromatic amines is 2. The Kier molecular flexibility index (Phi) is 5.81. The van der Waals surface area contributed by atoms with Crippen LogP contribution in [0, 0.1) is 5.41 Å². The second kappa shape index (κ2) is 8.54. The fourth-order valence-corrected chi connectivity index (χ4v) is 5.62. The van der Waals surface area contributed by atoms with Gasteiger partial charge in [-0.15, -0.1) is 0 Å². The van der Waals surface area contributed by atoms with Crippen molar-refractivity contribution in [2.24, 2.45) is 5.41 Å². The molecule has 2 N–H and O–H groups in total. The van der Waals surface area contributed by atoms with Gasteiger partial charge in [-0.1, -0.05) is 19.9 Å². The molecule has 5 rings (SSSR count). The number of carbonyl (C=O) groups excluding carboxylic acids is 1. The Labute approximate surface area is 201 Å². The number of hydrogen-bond acceptors (Lipinski definition) is 4. The molecule has 182 valence electrons. The van der Waals surface area contributed by atoms with Crippen molar-refractivity contribution in [1.82, 2.24) is 20.1 Å². The van der Waals surface area contributed by atoms with Crippen molar-refractivity contribution in [3.05, 3.63) is 35.5 Å². The molecule has 1 aromatic carbocycles. The molecule has 2 unspecified atom stereocenters. The van der Waals surface area contributed by atoms with Crippen LogP contribution in [-0.4, -0.2) is 64.4 Å². The Bertz CT molecular complexity index is 1200. The van der Waals surface area contributed by atoms with Crippen LogP contribution >= 0.6 is 0 Å². The molecule has 2 aliphatic rings. The Balaban J connectivity index is 1.37. The highest BCUT2D eigenvalue weighted by Crippen LogP contribution is 2.38. The number of H-pyrrole nitrogens is 2. The topological polar surface area (TPSA) is 77.3 Å². The summed E-state index contributed by atoms with van der Waals surface area (Å²) in [6.45, 7) is 12.3. The predicted molar refractivity (Wildman–Crippen MR) is 136 cm³/mol. The summed E-state index contributed by atoms with van der Waals surface area (Å²) in [5.74, 6) is 0.0939. The third kappa shape index (κ3) is 4.27. The Morgan fingerprint density at radius 2 is 1.97 bits per heavy atom. The third-order valence-corrected chi connectivity index (χ3v) is 7.59. The van der Waals surface area contributed by atoms with Crippen molar-refractivity contribution in [2.45, 2.75) is 72.1 Å². The van der Waals surface area contributed by atoms with E-state index < -0.39 is 0 Å². The summed E-state index contributed by atoms with van der Waals surface area (Å²) in [7, 11) is 1.86. The van der Waals surface area contributed by atoms with Gasteiger partial charge in [0, 0.05) is 48.0 Å². The van der Waals surface area contributed by atoms with Crippen molar-refractivity contribution in [2.75, 3.05) is 25.0 Å². The van der Waals surface area contributed by atoms with Gasteiger partial charge in [-0.05, 0) is 63.6 Å². The first-order valence-electron chi connectivity index (χ1n) is 12.5. The normalized spacial score (nSPS) is 23.6. The first kappa shape index (κ1) is 23.1. The zero-order valence-electron chi connectivity index (χ0n) is 21.2. The molecule has 1 fully saturated rings. The smallest absolute Gasteiger partial charge is 0.243 e. The van der Waals surface area contributed by atoms with E-state index in [0.717, 1.165) is 53.9 Å². The molecule has 3 heterocycles. The molecule has 1 aliphatic carbocycles. The molecule has 7 heteroatoms. The highest BCUT2D eigenvalue weighted by Gasteiger charge is 2.32. The van der Waals surface area contributed by atoms with E-state index >= 15 is 0 Å². The van der Waals surface area contributed by atoms with Gasteiger partial charge in [0.15, 0.2) is 0 Å². The molecule has 0 radical (unpaired) electrons. The molecule has 0 saturated carbocycles. The lowest BCUT2D eigenvalue weighted by Gasteiger charge is -2.39. The fraction of sp³-hybridized carbons (Fsp3) is 0.556. The maximum atomic E-state index is 13.3. The summed E-state index contributed by atoms with van der Waals surface area (Å²) in [6.07, 6.45) is 3.52. The molecule has 3 aromatic rings. The standard InChI is InChI=1S/C27H37N5O2/c1-16-14-32(15-17(2)34-16)18(3)26(33)31(6)20-8-7-19-11-23(28-22(19)12-20)25-21-9-10-27(4,5)13-24(21)29-30-25/h7-8,11-12,16-18,28H,9-10,13-15H2,1-6H3,(H,29,30)/t16-,17?,18?/m1/s1. The number of likely N-dealkylation sites (N-methyl/N-ethyl adjacent to an activating group) is 1. The number of morpholine rings is 1. The molecule has 0 bridgehead atoms. The van der Waals surface area contributed by atoms with Crippen molar-refractivity contribution in [3.8, 4) is 11.4 Å². The van der Waals surface area contributed by atoms with Gasteiger partial charge < -0.3 is 14.6 Å². The minimum atomic E-state index is -0.200. The average molecular weight is 464 g/mol. The summed E-state index contributed by atoms with van der Waals surface area (Å²) < 4.78 is 5.84. The zero-order chi connectivity index (χ0) is 24.2. The van der Waals surface area contributed by atoms with Crippen LogP contribution in [-0.2, 0) is 22.4 Å². The van der Waals surface area contributed by atoms with Gasteiger partial charge in [-0.3, -0.25) is 14.8 Å².